The van der Waals surface area contributed by atoms with E-state index in [-0.39, 0.29) is 23.4 Å². The number of carbonyl (C=O) groups excluding carboxylic acids is 1. The number of amides is 1. The quantitative estimate of drug-likeness (QED) is 0.926. The van der Waals surface area contributed by atoms with Crippen LogP contribution < -0.4 is 0 Å². The Morgan fingerprint density at radius 2 is 2.05 bits per heavy atom. The van der Waals surface area contributed by atoms with E-state index in [9.17, 15) is 9.90 Å². The number of nitrogens with zero attached hydrogens (tertiary/aromatic N) is 2. The van der Waals surface area contributed by atoms with Crippen LogP contribution in [0.2, 0.25) is 0 Å². The molecule has 1 aromatic carbocycles. The van der Waals surface area contributed by atoms with Crippen LogP contribution in [0.3, 0.4) is 0 Å². The van der Waals surface area contributed by atoms with Crippen LogP contribution in [0.5, 0.6) is 5.75 Å². The third-order valence-corrected chi connectivity index (χ3v) is 4.59. The summed E-state index contributed by atoms with van der Waals surface area (Å²) < 4.78 is 0. The zero-order valence-electron chi connectivity index (χ0n) is 11.5. The van der Waals surface area contributed by atoms with Crippen molar-refractivity contribution in [3.63, 3.8) is 0 Å². The fourth-order valence-electron chi connectivity index (χ4n) is 2.50. The lowest BCUT2D eigenvalue weighted by molar-refractivity contribution is 0.0692. The van der Waals surface area contributed by atoms with Gasteiger partial charge in [0.1, 0.15) is 5.75 Å². The van der Waals surface area contributed by atoms with E-state index in [4.69, 9.17) is 0 Å². The fourth-order valence-corrected chi connectivity index (χ4v) is 3.58. The maximum absolute atomic E-state index is 12.7. The highest BCUT2D eigenvalue weighted by Gasteiger charge is 2.30. The molecule has 0 bridgehead atoms. The first kappa shape index (κ1) is 13.9. The van der Waals surface area contributed by atoms with E-state index in [1.54, 1.807) is 6.07 Å². The number of carbonyl (C=O) groups is 1. The van der Waals surface area contributed by atoms with Gasteiger partial charge >= 0.3 is 0 Å². The molecule has 1 amide bonds. The average Bonchev–Trinajstić information content (AvgIpc) is 2.55. The lowest BCUT2D eigenvalue weighted by Gasteiger charge is -2.35. The molecule has 0 radical (unpaired) electrons. The molecule has 1 atom stereocenters. The molecule has 21 heavy (non-hydrogen) atoms. The second kappa shape index (κ2) is 6.18. The third kappa shape index (κ3) is 2.88. The molecule has 1 aliphatic heterocycles. The lowest BCUT2D eigenvalue weighted by Crippen LogP contribution is -2.41. The van der Waals surface area contributed by atoms with Crippen LogP contribution in [-0.2, 0) is 0 Å². The molecule has 1 aliphatic rings. The van der Waals surface area contributed by atoms with Crippen molar-refractivity contribution in [3.8, 4) is 5.75 Å². The first-order valence-corrected chi connectivity index (χ1v) is 8.00. The Morgan fingerprint density at radius 1 is 1.24 bits per heavy atom. The van der Waals surface area contributed by atoms with E-state index in [0.29, 0.717) is 6.54 Å². The Kier molecular flexibility index (Phi) is 4.10. The summed E-state index contributed by atoms with van der Waals surface area (Å²) in [6.07, 6.45) is 1.53. The van der Waals surface area contributed by atoms with Gasteiger partial charge in [-0.15, -0.1) is 0 Å². The second-order valence-electron chi connectivity index (χ2n) is 4.87. The number of aromatic nitrogens is 1. The van der Waals surface area contributed by atoms with E-state index < -0.39 is 0 Å². The molecule has 108 valence electrons. The molecule has 3 rings (SSSR count). The second-order valence-corrected chi connectivity index (χ2v) is 6.02. The number of hydrogen-bond acceptors (Lipinski definition) is 4. The molecule has 1 N–H and O–H groups in total. The highest BCUT2D eigenvalue weighted by Crippen LogP contribution is 2.31. The highest BCUT2D eigenvalue weighted by molar-refractivity contribution is 7.99. The van der Waals surface area contributed by atoms with Gasteiger partial charge in [0, 0.05) is 24.2 Å². The molecule has 0 spiro atoms. The van der Waals surface area contributed by atoms with E-state index in [2.05, 4.69) is 4.98 Å². The summed E-state index contributed by atoms with van der Waals surface area (Å²) in [6, 6.07) is 13.1. The van der Waals surface area contributed by atoms with Crippen LogP contribution in [0.4, 0.5) is 0 Å². The van der Waals surface area contributed by atoms with E-state index >= 15 is 0 Å². The lowest BCUT2D eigenvalue weighted by atomic mass is 10.1. The van der Waals surface area contributed by atoms with Crippen molar-refractivity contribution in [1.29, 1.82) is 0 Å². The van der Waals surface area contributed by atoms with Crippen molar-refractivity contribution in [2.45, 2.75) is 6.04 Å². The molecule has 1 saturated heterocycles. The van der Waals surface area contributed by atoms with Gasteiger partial charge in [0.2, 0.25) is 0 Å². The molecule has 1 fully saturated rings. The van der Waals surface area contributed by atoms with Gasteiger partial charge < -0.3 is 10.0 Å². The van der Waals surface area contributed by atoms with Crippen molar-refractivity contribution in [2.24, 2.45) is 0 Å². The normalized spacial score (nSPS) is 18.5. The van der Waals surface area contributed by atoms with Gasteiger partial charge in [-0.1, -0.05) is 30.3 Å². The van der Waals surface area contributed by atoms with E-state index in [1.165, 1.54) is 12.3 Å². The number of thioether (sulfide) groups is 1. The van der Waals surface area contributed by atoms with E-state index in [1.807, 2.05) is 47.0 Å². The summed E-state index contributed by atoms with van der Waals surface area (Å²) in [5.74, 6) is 1.50. The minimum absolute atomic E-state index is 0.0267. The van der Waals surface area contributed by atoms with Crippen LogP contribution in [0.25, 0.3) is 0 Å². The molecule has 2 aromatic rings. The first-order chi connectivity index (χ1) is 10.3. The van der Waals surface area contributed by atoms with Crippen LogP contribution in [0, 0.1) is 0 Å². The summed E-state index contributed by atoms with van der Waals surface area (Å²) in [5, 5.41) is 9.85. The summed E-state index contributed by atoms with van der Waals surface area (Å²) in [5.41, 5.74) is 1.25. The van der Waals surface area contributed by atoms with Gasteiger partial charge in [-0.3, -0.25) is 4.79 Å². The molecule has 0 aliphatic carbocycles. The van der Waals surface area contributed by atoms with Crippen LogP contribution in [-0.4, -0.2) is 38.9 Å². The predicted molar refractivity (Wildman–Crippen MR) is 83.4 cm³/mol. The van der Waals surface area contributed by atoms with Gasteiger partial charge in [-0.2, -0.15) is 11.8 Å². The smallest absolute Gasteiger partial charge is 0.276 e. The fraction of sp³-hybridized carbons (Fsp3) is 0.250. The predicted octanol–water partition coefficient (Wildman–Crippen LogP) is 2.72. The van der Waals surface area contributed by atoms with Gasteiger partial charge in [-0.25, -0.2) is 4.98 Å². The summed E-state index contributed by atoms with van der Waals surface area (Å²) in [7, 11) is 0. The molecule has 2 heterocycles. The largest absolute Gasteiger partial charge is 0.505 e. The Labute approximate surface area is 127 Å². The monoisotopic (exact) mass is 300 g/mol. The Hall–Kier alpha value is -2.01. The number of benzene rings is 1. The van der Waals surface area contributed by atoms with Gasteiger partial charge in [-0.05, 0) is 17.7 Å². The summed E-state index contributed by atoms with van der Waals surface area (Å²) in [6.45, 7) is 0.666. The molecular weight excluding hydrogens is 284 g/mol. The first-order valence-electron chi connectivity index (χ1n) is 6.85. The number of hydrogen-bond donors (Lipinski definition) is 1. The number of pyridine rings is 1. The minimum atomic E-state index is -0.206. The number of rotatable bonds is 2. The van der Waals surface area contributed by atoms with Crippen molar-refractivity contribution in [1.82, 2.24) is 9.88 Å². The highest BCUT2D eigenvalue weighted by atomic mass is 32.2. The zero-order valence-corrected chi connectivity index (χ0v) is 12.3. The Balaban J connectivity index is 1.91. The van der Waals surface area contributed by atoms with Crippen LogP contribution in [0.1, 0.15) is 22.1 Å². The third-order valence-electron chi connectivity index (χ3n) is 3.56. The molecule has 0 saturated carbocycles. The zero-order chi connectivity index (χ0) is 14.7. The molecule has 1 unspecified atom stereocenters. The Bertz CT molecular complexity index is 633. The van der Waals surface area contributed by atoms with E-state index in [0.717, 1.165) is 17.1 Å². The van der Waals surface area contributed by atoms with Crippen molar-refractivity contribution in [3.05, 3.63) is 59.9 Å². The molecule has 1 aromatic heterocycles. The van der Waals surface area contributed by atoms with Gasteiger partial charge in [0.25, 0.3) is 5.91 Å². The average molecular weight is 300 g/mol. The summed E-state index contributed by atoms with van der Waals surface area (Å²) >= 11 is 1.84. The molecular formula is C16H16N2O2S. The molecule has 4 nitrogen and oxygen atoms in total. The topological polar surface area (TPSA) is 53.4 Å². The maximum atomic E-state index is 12.7. The summed E-state index contributed by atoms with van der Waals surface area (Å²) in [4.78, 5) is 18.5. The number of aromatic hydroxyl groups is 1. The van der Waals surface area contributed by atoms with Crippen LogP contribution >= 0.6 is 11.8 Å². The standard InChI is InChI=1S/C16H16N2O2S/c19-14-7-4-8-17-15(14)16(20)18-9-10-21-11-13(18)12-5-2-1-3-6-12/h1-8,13,19H,9-11H2. The minimum Gasteiger partial charge on any atom is -0.505 e. The van der Waals surface area contributed by atoms with Gasteiger partial charge in [0.15, 0.2) is 5.69 Å². The van der Waals surface area contributed by atoms with Crippen molar-refractivity contribution >= 4 is 17.7 Å². The van der Waals surface area contributed by atoms with Gasteiger partial charge in [0.05, 0.1) is 6.04 Å². The Morgan fingerprint density at radius 3 is 2.81 bits per heavy atom. The molecule has 5 heteroatoms. The SMILES string of the molecule is O=C(c1ncccc1O)N1CCSCC1c1ccccc1. The van der Waals surface area contributed by atoms with Crippen LogP contribution in [0.15, 0.2) is 48.7 Å². The maximum Gasteiger partial charge on any atom is 0.276 e. The van der Waals surface area contributed by atoms with Crippen molar-refractivity contribution in [2.75, 3.05) is 18.1 Å². The van der Waals surface area contributed by atoms with Crippen molar-refractivity contribution < 1.29 is 9.90 Å².